The van der Waals surface area contributed by atoms with Crippen LogP contribution in [0.15, 0.2) is 94.7 Å². The first-order valence-corrected chi connectivity index (χ1v) is 12.1. The van der Waals surface area contributed by atoms with Crippen molar-refractivity contribution in [3.05, 3.63) is 108 Å². The van der Waals surface area contributed by atoms with Gasteiger partial charge in [-0.15, -0.1) is 23.5 Å². The number of halogens is 2. The second-order valence-electron chi connectivity index (χ2n) is 7.24. The van der Waals surface area contributed by atoms with Crippen LogP contribution in [0.3, 0.4) is 0 Å². The summed E-state index contributed by atoms with van der Waals surface area (Å²) in [6, 6.07) is 25.6. The molecule has 2 nitrogen and oxygen atoms in total. The number of hydrogen-bond donors (Lipinski definition) is 0. The van der Waals surface area contributed by atoms with E-state index in [4.69, 9.17) is 9.97 Å². The van der Waals surface area contributed by atoms with Crippen LogP contribution in [0.5, 0.6) is 0 Å². The molecule has 4 aromatic carbocycles. The fourth-order valence-electron chi connectivity index (χ4n) is 3.46. The molecule has 5 rings (SSSR count). The standard InChI is InChI=1S/C26H18F2N2S2/c27-19-9-3-5-11-25(19)31-15-23-24(16-32-26-12-6-4-10-20(26)28)30-22-14-18-8-2-1-7-17(18)13-21(22)29-23/h1-14H,15-16H2. The maximum Gasteiger partial charge on any atom is 0.136 e. The second-order valence-corrected chi connectivity index (χ2v) is 9.28. The Hall–Kier alpha value is -2.96. The molecule has 0 saturated carbocycles. The molecule has 0 fully saturated rings. The highest BCUT2D eigenvalue weighted by Gasteiger charge is 2.13. The predicted molar refractivity (Wildman–Crippen MR) is 129 cm³/mol. The molecule has 5 aromatic rings. The van der Waals surface area contributed by atoms with E-state index in [1.54, 1.807) is 24.3 Å². The molecule has 0 bridgehead atoms. The van der Waals surface area contributed by atoms with E-state index < -0.39 is 0 Å². The molecule has 1 heterocycles. The van der Waals surface area contributed by atoms with Gasteiger partial charge in [-0.3, -0.25) is 0 Å². The topological polar surface area (TPSA) is 25.8 Å². The van der Waals surface area contributed by atoms with Crippen LogP contribution < -0.4 is 0 Å². The van der Waals surface area contributed by atoms with E-state index in [9.17, 15) is 8.78 Å². The average Bonchev–Trinajstić information content (AvgIpc) is 2.81. The Labute approximate surface area is 193 Å². The van der Waals surface area contributed by atoms with Crippen molar-refractivity contribution in [2.24, 2.45) is 0 Å². The summed E-state index contributed by atoms with van der Waals surface area (Å²) in [7, 11) is 0. The Morgan fingerprint density at radius 1 is 0.562 bits per heavy atom. The van der Waals surface area contributed by atoms with Crippen LogP contribution in [0.1, 0.15) is 11.4 Å². The molecular weight excluding hydrogens is 442 g/mol. The molecule has 0 saturated heterocycles. The van der Waals surface area contributed by atoms with E-state index in [0.29, 0.717) is 21.3 Å². The van der Waals surface area contributed by atoms with Gasteiger partial charge in [0.05, 0.1) is 22.4 Å². The van der Waals surface area contributed by atoms with Gasteiger partial charge < -0.3 is 0 Å². The van der Waals surface area contributed by atoms with Crippen molar-refractivity contribution in [3.63, 3.8) is 0 Å². The number of benzene rings is 4. The highest BCUT2D eigenvalue weighted by Crippen LogP contribution is 2.31. The van der Waals surface area contributed by atoms with Crippen molar-refractivity contribution in [1.29, 1.82) is 0 Å². The summed E-state index contributed by atoms with van der Waals surface area (Å²) < 4.78 is 28.3. The van der Waals surface area contributed by atoms with Crippen LogP contribution in [0, 0.1) is 11.6 Å². The summed E-state index contributed by atoms with van der Waals surface area (Å²) in [6.45, 7) is 0. The molecule has 0 unspecified atom stereocenters. The van der Waals surface area contributed by atoms with Crippen molar-refractivity contribution in [3.8, 4) is 0 Å². The van der Waals surface area contributed by atoms with Gasteiger partial charge in [0.25, 0.3) is 0 Å². The van der Waals surface area contributed by atoms with Gasteiger partial charge in [-0.2, -0.15) is 0 Å². The molecule has 158 valence electrons. The van der Waals surface area contributed by atoms with Crippen LogP contribution in [-0.4, -0.2) is 9.97 Å². The fourth-order valence-corrected chi connectivity index (χ4v) is 5.27. The van der Waals surface area contributed by atoms with Crippen molar-refractivity contribution in [2.45, 2.75) is 21.3 Å². The highest BCUT2D eigenvalue weighted by atomic mass is 32.2. The number of nitrogens with zero attached hydrogens (tertiary/aromatic N) is 2. The first kappa shape index (κ1) is 20.9. The molecule has 32 heavy (non-hydrogen) atoms. The van der Waals surface area contributed by atoms with Gasteiger partial charge >= 0.3 is 0 Å². The van der Waals surface area contributed by atoms with E-state index in [1.165, 1.54) is 35.7 Å². The van der Waals surface area contributed by atoms with Gasteiger partial charge in [0.15, 0.2) is 0 Å². The normalized spacial score (nSPS) is 11.3. The molecule has 0 spiro atoms. The zero-order valence-electron chi connectivity index (χ0n) is 17.0. The van der Waals surface area contributed by atoms with Gasteiger partial charge in [-0.1, -0.05) is 48.5 Å². The van der Waals surface area contributed by atoms with E-state index in [-0.39, 0.29) is 11.6 Å². The molecule has 0 atom stereocenters. The van der Waals surface area contributed by atoms with Gasteiger partial charge in [0.1, 0.15) is 11.6 Å². The smallest absolute Gasteiger partial charge is 0.136 e. The first-order chi connectivity index (χ1) is 15.7. The second kappa shape index (κ2) is 9.27. The van der Waals surface area contributed by atoms with Crippen LogP contribution >= 0.6 is 23.5 Å². The summed E-state index contributed by atoms with van der Waals surface area (Å²) in [5.41, 5.74) is 3.16. The zero-order chi connectivity index (χ0) is 21.9. The maximum atomic E-state index is 14.1. The minimum Gasteiger partial charge on any atom is -0.248 e. The number of fused-ring (bicyclic) bond motifs is 2. The molecule has 0 N–H and O–H groups in total. The monoisotopic (exact) mass is 460 g/mol. The fraction of sp³-hybridized carbons (Fsp3) is 0.0769. The number of aromatic nitrogens is 2. The Balaban J connectivity index is 1.53. The Kier molecular flexibility index (Phi) is 6.06. The van der Waals surface area contributed by atoms with Crippen molar-refractivity contribution >= 4 is 45.3 Å². The van der Waals surface area contributed by atoms with Crippen LogP contribution in [-0.2, 0) is 11.5 Å². The molecule has 0 aliphatic heterocycles. The zero-order valence-corrected chi connectivity index (χ0v) is 18.6. The van der Waals surface area contributed by atoms with Crippen molar-refractivity contribution in [2.75, 3.05) is 0 Å². The average molecular weight is 461 g/mol. The third-order valence-electron chi connectivity index (χ3n) is 5.09. The van der Waals surface area contributed by atoms with Crippen LogP contribution in [0.4, 0.5) is 8.78 Å². The lowest BCUT2D eigenvalue weighted by molar-refractivity contribution is 0.601. The lowest BCUT2D eigenvalue weighted by Crippen LogP contribution is -2.01. The summed E-state index contributed by atoms with van der Waals surface area (Å²) >= 11 is 2.78. The molecule has 6 heteroatoms. The maximum absolute atomic E-state index is 14.1. The number of rotatable bonds is 6. The highest BCUT2D eigenvalue weighted by molar-refractivity contribution is 7.99. The lowest BCUT2D eigenvalue weighted by Gasteiger charge is -2.11. The lowest BCUT2D eigenvalue weighted by atomic mass is 10.1. The number of hydrogen-bond acceptors (Lipinski definition) is 4. The van der Waals surface area contributed by atoms with Crippen LogP contribution in [0.2, 0.25) is 0 Å². The molecule has 0 amide bonds. The molecule has 0 aliphatic rings. The predicted octanol–water partition coefficient (Wildman–Crippen LogP) is 7.65. The van der Waals surface area contributed by atoms with Crippen LogP contribution in [0.25, 0.3) is 21.8 Å². The van der Waals surface area contributed by atoms with E-state index in [0.717, 1.165) is 33.2 Å². The van der Waals surface area contributed by atoms with Crippen molar-refractivity contribution in [1.82, 2.24) is 9.97 Å². The van der Waals surface area contributed by atoms with E-state index >= 15 is 0 Å². The number of thioether (sulfide) groups is 2. The van der Waals surface area contributed by atoms with Crippen molar-refractivity contribution < 1.29 is 8.78 Å². The third-order valence-corrected chi connectivity index (χ3v) is 7.21. The van der Waals surface area contributed by atoms with Gasteiger partial charge in [-0.05, 0) is 47.2 Å². The Bertz CT molecular complexity index is 1310. The largest absolute Gasteiger partial charge is 0.248 e. The van der Waals surface area contributed by atoms with E-state index in [1.807, 2.05) is 48.5 Å². The quantitative estimate of drug-likeness (QED) is 0.192. The van der Waals surface area contributed by atoms with Gasteiger partial charge in [-0.25, -0.2) is 18.7 Å². The molecule has 0 aliphatic carbocycles. The third kappa shape index (κ3) is 4.47. The molecule has 0 radical (unpaired) electrons. The Morgan fingerprint density at radius 3 is 1.41 bits per heavy atom. The van der Waals surface area contributed by atoms with E-state index in [2.05, 4.69) is 0 Å². The first-order valence-electron chi connectivity index (χ1n) is 10.1. The SMILES string of the molecule is Fc1ccccc1SCc1nc2cc3ccccc3cc2nc1CSc1ccccc1F. The minimum atomic E-state index is -0.250. The van der Waals surface area contributed by atoms with Gasteiger partial charge in [0, 0.05) is 21.3 Å². The summed E-state index contributed by atoms with van der Waals surface area (Å²) in [5, 5.41) is 2.19. The van der Waals surface area contributed by atoms with Gasteiger partial charge in [0.2, 0.25) is 0 Å². The Morgan fingerprint density at radius 2 is 0.969 bits per heavy atom. The summed E-state index contributed by atoms with van der Waals surface area (Å²) in [6.07, 6.45) is 0. The molecule has 1 aromatic heterocycles. The summed E-state index contributed by atoms with van der Waals surface area (Å²) in [5.74, 6) is 0.451. The molecular formula is C26H18F2N2S2. The minimum absolute atomic E-state index is 0.250. The summed E-state index contributed by atoms with van der Waals surface area (Å²) in [4.78, 5) is 10.9.